The van der Waals surface area contributed by atoms with Crippen molar-refractivity contribution in [3.05, 3.63) is 0 Å². The fraction of sp³-hybridized carbons (Fsp3) is 0.905. The summed E-state index contributed by atoms with van der Waals surface area (Å²) in [5, 5.41) is 31.1. The number of aliphatic hydroxyl groups excluding tert-OH is 2. The Kier molecular flexibility index (Phi) is 13.9. The van der Waals surface area contributed by atoms with Crippen LogP contribution in [0.25, 0.3) is 0 Å². The summed E-state index contributed by atoms with van der Waals surface area (Å²) in [4.78, 5) is 23.6. The molecule has 0 saturated heterocycles. The van der Waals surface area contributed by atoms with Gasteiger partial charge in [-0.1, -0.05) is 85.0 Å². The van der Waals surface area contributed by atoms with Crippen molar-refractivity contribution in [2.75, 3.05) is 0 Å². The zero-order valence-electron chi connectivity index (χ0n) is 17.0. The van der Waals surface area contributed by atoms with Gasteiger partial charge in [0.25, 0.3) is 0 Å². The smallest absolute Gasteiger partial charge is 0.164 e. The van der Waals surface area contributed by atoms with Crippen molar-refractivity contribution < 1.29 is 24.9 Å². The highest BCUT2D eigenvalue weighted by Crippen LogP contribution is 2.27. The number of carbonyl (C=O) groups excluding carboxylic acids is 2. The summed E-state index contributed by atoms with van der Waals surface area (Å²) in [6.07, 6.45) is 7.82. The second-order valence-corrected chi connectivity index (χ2v) is 7.37. The Hall–Kier alpha value is -0.780. The zero-order valence-corrected chi connectivity index (χ0v) is 17.0. The van der Waals surface area contributed by atoms with Crippen LogP contribution in [0.15, 0.2) is 0 Å². The lowest BCUT2D eigenvalue weighted by Crippen LogP contribution is -2.58. The van der Waals surface area contributed by atoms with Crippen LogP contribution in [-0.4, -0.2) is 44.7 Å². The second-order valence-electron chi connectivity index (χ2n) is 7.37. The van der Waals surface area contributed by atoms with Gasteiger partial charge in [0.2, 0.25) is 0 Å². The fourth-order valence-corrected chi connectivity index (χ4v) is 3.26. The first-order chi connectivity index (χ1) is 12.3. The van der Waals surface area contributed by atoms with Gasteiger partial charge in [-0.25, -0.2) is 0 Å². The third-order valence-corrected chi connectivity index (χ3v) is 5.18. The minimum Gasteiger partial charge on any atom is -0.383 e. The molecule has 0 saturated carbocycles. The molecule has 0 aliphatic heterocycles. The Balaban J connectivity index is 4.36. The summed E-state index contributed by atoms with van der Waals surface area (Å²) in [6, 6.07) is 0. The molecule has 154 valence electrons. The molecule has 26 heavy (non-hydrogen) atoms. The molecule has 5 nitrogen and oxygen atoms in total. The number of ketones is 2. The van der Waals surface area contributed by atoms with Gasteiger partial charge in [-0.2, -0.15) is 0 Å². The first-order valence-electron chi connectivity index (χ1n) is 10.5. The lowest BCUT2D eigenvalue weighted by Gasteiger charge is -2.35. The number of carbonyl (C=O) groups is 2. The summed E-state index contributed by atoms with van der Waals surface area (Å²) < 4.78 is 0. The normalized spacial score (nSPS) is 16.1. The molecule has 0 aromatic heterocycles. The van der Waals surface area contributed by atoms with Crippen LogP contribution in [0.1, 0.15) is 104 Å². The lowest BCUT2D eigenvalue weighted by atomic mass is 9.80. The molecule has 2 unspecified atom stereocenters. The Bertz CT molecular complexity index is 372. The fourth-order valence-electron chi connectivity index (χ4n) is 3.26. The van der Waals surface area contributed by atoms with Crippen molar-refractivity contribution in [2.45, 2.75) is 122 Å². The summed E-state index contributed by atoms with van der Waals surface area (Å²) in [5.74, 6) is -1.11. The number of aliphatic hydroxyl groups is 3. The van der Waals surface area contributed by atoms with E-state index in [1.165, 1.54) is 38.5 Å². The Labute approximate surface area is 159 Å². The first-order valence-corrected chi connectivity index (χ1v) is 10.5. The summed E-state index contributed by atoms with van der Waals surface area (Å²) in [5.41, 5.74) is -2.08. The number of Topliss-reactive ketones (excluding diaryl/α,β-unsaturated/α-hetero) is 2. The van der Waals surface area contributed by atoms with Crippen molar-refractivity contribution in [3.63, 3.8) is 0 Å². The van der Waals surface area contributed by atoms with Crippen molar-refractivity contribution >= 4 is 11.6 Å². The van der Waals surface area contributed by atoms with Gasteiger partial charge >= 0.3 is 0 Å². The Morgan fingerprint density at radius 3 is 1.38 bits per heavy atom. The molecule has 0 aliphatic carbocycles. The van der Waals surface area contributed by atoms with Crippen LogP contribution in [0.5, 0.6) is 0 Å². The van der Waals surface area contributed by atoms with Crippen LogP contribution in [0.2, 0.25) is 0 Å². The third-order valence-electron chi connectivity index (χ3n) is 5.18. The van der Waals surface area contributed by atoms with Gasteiger partial charge in [-0.3, -0.25) is 9.59 Å². The first kappa shape index (κ1) is 25.2. The van der Waals surface area contributed by atoms with E-state index in [0.717, 1.165) is 19.3 Å². The van der Waals surface area contributed by atoms with Crippen LogP contribution in [0, 0.1) is 0 Å². The maximum Gasteiger partial charge on any atom is 0.164 e. The van der Waals surface area contributed by atoms with Gasteiger partial charge < -0.3 is 15.3 Å². The topological polar surface area (TPSA) is 94.8 Å². The molecule has 3 N–H and O–H groups in total. The maximum absolute atomic E-state index is 11.8. The highest BCUT2D eigenvalue weighted by molar-refractivity contribution is 5.88. The lowest BCUT2D eigenvalue weighted by molar-refractivity contribution is -0.174. The highest BCUT2D eigenvalue weighted by Gasteiger charge is 2.47. The van der Waals surface area contributed by atoms with Crippen LogP contribution >= 0.6 is 0 Å². The van der Waals surface area contributed by atoms with Gasteiger partial charge in [0.1, 0.15) is 17.8 Å². The van der Waals surface area contributed by atoms with E-state index in [4.69, 9.17) is 0 Å². The average molecular weight is 373 g/mol. The summed E-state index contributed by atoms with van der Waals surface area (Å²) >= 11 is 0. The van der Waals surface area contributed by atoms with Crippen LogP contribution in [-0.2, 0) is 9.59 Å². The second kappa shape index (κ2) is 14.3. The quantitative estimate of drug-likeness (QED) is 0.338. The molecule has 5 heteroatoms. The monoisotopic (exact) mass is 372 g/mol. The van der Waals surface area contributed by atoms with Gasteiger partial charge in [0.15, 0.2) is 11.6 Å². The molecule has 0 heterocycles. The highest BCUT2D eigenvalue weighted by atomic mass is 16.4. The van der Waals surface area contributed by atoms with E-state index < -0.39 is 29.4 Å². The maximum atomic E-state index is 11.8. The van der Waals surface area contributed by atoms with Crippen molar-refractivity contribution in [2.24, 2.45) is 0 Å². The largest absolute Gasteiger partial charge is 0.383 e. The molecule has 0 bridgehead atoms. The van der Waals surface area contributed by atoms with E-state index in [1.807, 2.05) is 0 Å². The molecule has 0 aliphatic rings. The van der Waals surface area contributed by atoms with Crippen molar-refractivity contribution in [3.8, 4) is 0 Å². The predicted octanol–water partition coefficient (Wildman–Crippen LogP) is 3.71. The van der Waals surface area contributed by atoms with E-state index >= 15 is 0 Å². The molecule has 2 atom stereocenters. The molecule has 0 fully saturated rings. The van der Waals surface area contributed by atoms with E-state index in [9.17, 15) is 24.9 Å². The molecule has 0 rings (SSSR count). The number of rotatable bonds is 17. The van der Waals surface area contributed by atoms with Crippen LogP contribution in [0.4, 0.5) is 0 Å². The Morgan fingerprint density at radius 1 is 0.692 bits per heavy atom. The standard InChI is InChI=1S/C21H40O5/c1-4-7-8-9-10-11-12-13-14-15-16-21(26,19(24)17(22)5-2)20(25)18(23)6-3/h19-20,24-26H,4-16H2,1-3H3. The average Bonchev–Trinajstić information content (AvgIpc) is 2.66. The summed E-state index contributed by atoms with van der Waals surface area (Å²) in [6.45, 7) is 5.37. The van der Waals surface area contributed by atoms with Gasteiger partial charge in [0.05, 0.1) is 0 Å². The zero-order chi connectivity index (χ0) is 20.0. The molecule has 0 amide bonds. The SMILES string of the molecule is CCCCCCCCCCCCC(O)(C(O)C(=O)CC)C(O)C(=O)CC. The Morgan fingerprint density at radius 2 is 1.04 bits per heavy atom. The van der Waals surface area contributed by atoms with Crippen LogP contribution < -0.4 is 0 Å². The number of unbranched alkanes of at least 4 members (excludes halogenated alkanes) is 9. The van der Waals surface area contributed by atoms with E-state index in [2.05, 4.69) is 6.92 Å². The minimum absolute atomic E-state index is 0.0450. The minimum atomic E-state index is -2.08. The van der Waals surface area contributed by atoms with Crippen molar-refractivity contribution in [1.29, 1.82) is 0 Å². The molecular formula is C21H40O5. The van der Waals surface area contributed by atoms with Crippen LogP contribution in [0.3, 0.4) is 0 Å². The van der Waals surface area contributed by atoms with Gasteiger partial charge in [-0.15, -0.1) is 0 Å². The predicted molar refractivity (Wildman–Crippen MR) is 104 cm³/mol. The summed E-state index contributed by atoms with van der Waals surface area (Å²) in [7, 11) is 0. The van der Waals surface area contributed by atoms with Gasteiger partial charge in [-0.05, 0) is 6.42 Å². The van der Waals surface area contributed by atoms with E-state index in [0.29, 0.717) is 6.42 Å². The number of hydrogen-bond donors (Lipinski definition) is 3. The van der Waals surface area contributed by atoms with E-state index in [-0.39, 0.29) is 19.3 Å². The molecule has 0 aromatic rings. The molecule has 0 aromatic carbocycles. The third kappa shape index (κ3) is 8.74. The van der Waals surface area contributed by atoms with E-state index in [1.54, 1.807) is 13.8 Å². The molecule has 0 spiro atoms. The van der Waals surface area contributed by atoms with Crippen molar-refractivity contribution in [1.82, 2.24) is 0 Å². The van der Waals surface area contributed by atoms with Gasteiger partial charge in [0, 0.05) is 12.8 Å². The number of hydrogen-bond acceptors (Lipinski definition) is 5. The molecule has 0 radical (unpaired) electrons. The molecular weight excluding hydrogens is 332 g/mol.